The smallest absolute Gasteiger partial charge is 0.356 e. The molecule has 0 aromatic carbocycles. The third kappa shape index (κ3) is 3.43. The highest BCUT2D eigenvalue weighted by atomic mass is 32.2. The second-order valence-electron chi connectivity index (χ2n) is 4.16. The van der Waals surface area contributed by atoms with Crippen LogP contribution in [0.15, 0.2) is 24.4 Å². The van der Waals surface area contributed by atoms with Crippen molar-refractivity contribution in [3.63, 3.8) is 0 Å². The molecule has 0 fully saturated rings. The molecule has 0 saturated carbocycles. The van der Waals surface area contributed by atoms with Crippen molar-refractivity contribution in [3.8, 4) is 0 Å². The quantitative estimate of drug-likeness (QED) is 0.641. The number of nitrogens with zero attached hydrogens (tertiary/aromatic N) is 2. The van der Waals surface area contributed by atoms with Gasteiger partial charge in [-0.25, -0.2) is 9.78 Å². The van der Waals surface area contributed by atoms with E-state index in [1.165, 1.54) is 0 Å². The molecule has 0 saturated heterocycles. The molecule has 2 aromatic heterocycles. The highest BCUT2D eigenvalue weighted by Gasteiger charge is 2.17. The number of carboxylic acid groups (broad SMARTS) is 1. The van der Waals surface area contributed by atoms with Gasteiger partial charge in [-0.1, -0.05) is 6.07 Å². The van der Waals surface area contributed by atoms with Crippen LogP contribution in [0.1, 0.15) is 16.9 Å². The molecule has 20 heavy (non-hydrogen) atoms. The molecular weight excluding hydrogens is 278 g/mol. The first-order valence-corrected chi connectivity index (χ1v) is 7.52. The Labute approximate surface area is 120 Å². The van der Waals surface area contributed by atoms with E-state index >= 15 is 0 Å². The molecule has 0 aliphatic rings. The number of fused-ring (bicyclic) bond motifs is 1. The summed E-state index contributed by atoms with van der Waals surface area (Å²) >= 11 is 1.71. The second kappa shape index (κ2) is 7.16. The molecule has 0 unspecified atom stereocenters. The molecule has 3 N–H and O–H groups in total. The van der Waals surface area contributed by atoms with Crippen molar-refractivity contribution in [2.75, 3.05) is 30.0 Å². The minimum Gasteiger partial charge on any atom is -0.476 e. The molecule has 0 radical (unpaired) electrons. The molecule has 6 nitrogen and oxygen atoms in total. The van der Waals surface area contributed by atoms with Crippen molar-refractivity contribution >= 4 is 29.2 Å². The third-order valence-corrected chi connectivity index (χ3v) is 3.79. The van der Waals surface area contributed by atoms with Crippen molar-refractivity contribution in [2.45, 2.75) is 6.42 Å². The van der Waals surface area contributed by atoms with Crippen LogP contribution in [-0.2, 0) is 0 Å². The topological polar surface area (TPSA) is 86.9 Å². The van der Waals surface area contributed by atoms with Gasteiger partial charge in [-0.2, -0.15) is 11.8 Å². The number of hydrogen-bond donors (Lipinski definition) is 3. The number of thioether (sulfide) groups is 1. The maximum atomic E-state index is 11.3. The summed E-state index contributed by atoms with van der Waals surface area (Å²) in [6.45, 7) is 0.844. The number of anilines is 1. The fraction of sp³-hybridized carbons (Fsp3) is 0.385. The Morgan fingerprint density at radius 1 is 1.40 bits per heavy atom. The van der Waals surface area contributed by atoms with Crippen molar-refractivity contribution in [1.82, 2.24) is 9.38 Å². The molecule has 108 valence electrons. The van der Waals surface area contributed by atoms with Gasteiger partial charge in [0.05, 0.1) is 0 Å². The Hall–Kier alpha value is -1.73. The van der Waals surface area contributed by atoms with Crippen LogP contribution in [0.2, 0.25) is 0 Å². The molecule has 0 atom stereocenters. The lowest BCUT2D eigenvalue weighted by Crippen LogP contribution is -2.10. The molecule has 0 aliphatic carbocycles. The molecule has 0 bridgehead atoms. The zero-order valence-electron chi connectivity index (χ0n) is 11.0. The van der Waals surface area contributed by atoms with E-state index in [0.29, 0.717) is 18.0 Å². The molecule has 0 spiro atoms. The summed E-state index contributed by atoms with van der Waals surface area (Å²) in [6, 6.07) is 5.37. The maximum absolute atomic E-state index is 11.3. The summed E-state index contributed by atoms with van der Waals surface area (Å²) in [4.78, 5) is 15.6. The first-order valence-electron chi connectivity index (χ1n) is 6.37. The largest absolute Gasteiger partial charge is 0.476 e. The number of hydrogen-bond acceptors (Lipinski definition) is 5. The van der Waals surface area contributed by atoms with Crippen molar-refractivity contribution in [2.24, 2.45) is 0 Å². The third-order valence-electron chi connectivity index (χ3n) is 2.72. The van der Waals surface area contributed by atoms with E-state index in [9.17, 15) is 9.90 Å². The first kappa shape index (κ1) is 14.7. The standard InChI is InChI=1S/C13H17N3O3S/c17-7-3-8-20-9-5-14-12-11(13(18)19)16-6-2-1-4-10(16)15-12/h1-2,4,6,14,17H,3,5,7-9H2,(H,18,19). The van der Waals surface area contributed by atoms with E-state index in [0.717, 1.165) is 17.9 Å². The number of rotatable bonds is 8. The molecular formula is C13H17N3O3S. The lowest BCUT2D eigenvalue weighted by molar-refractivity contribution is 0.0690. The molecule has 0 amide bonds. The number of nitrogens with one attached hydrogen (secondary N) is 1. The van der Waals surface area contributed by atoms with Gasteiger partial charge < -0.3 is 15.5 Å². The van der Waals surface area contributed by atoms with E-state index in [1.54, 1.807) is 34.5 Å². The number of pyridine rings is 1. The SMILES string of the molecule is O=C(O)c1c(NCCSCCCO)nc2ccccn12. The van der Waals surface area contributed by atoms with Gasteiger partial charge in [-0.3, -0.25) is 4.40 Å². The summed E-state index contributed by atoms with van der Waals surface area (Å²) < 4.78 is 1.56. The number of aromatic carboxylic acids is 1. The summed E-state index contributed by atoms with van der Waals surface area (Å²) in [7, 11) is 0. The number of aromatic nitrogens is 2. The van der Waals surface area contributed by atoms with Gasteiger partial charge in [0.2, 0.25) is 0 Å². The molecule has 0 aliphatic heterocycles. The number of imidazole rings is 1. The summed E-state index contributed by atoms with van der Waals surface area (Å²) in [5.74, 6) is 1.13. The highest BCUT2D eigenvalue weighted by molar-refractivity contribution is 7.99. The van der Waals surface area contributed by atoms with Crippen molar-refractivity contribution in [3.05, 3.63) is 30.1 Å². The Bertz CT molecular complexity index is 585. The summed E-state index contributed by atoms with van der Waals surface area (Å²) in [5.41, 5.74) is 0.765. The van der Waals surface area contributed by atoms with Crippen LogP contribution in [0.25, 0.3) is 5.65 Å². The average Bonchev–Trinajstić information content (AvgIpc) is 2.81. The zero-order chi connectivity index (χ0) is 14.4. The van der Waals surface area contributed by atoms with Crippen molar-refractivity contribution < 1.29 is 15.0 Å². The van der Waals surface area contributed by atoms with Crippen LogP contribution in [0.3, 0.4) is 0 Å². The van der Waals surface area contributed by atoms with E-state index in [4.69, 9.17) is 5.11 Å². The minimum atomic E-state index is -1.00. The van der Waals surface area contributed by atoms with E-state index in [-0.39, 0.29) is 12.3 Å². The van der Waals surface area contributed by atoms with E-state index in [1.807, 2.05) is 6.07 Å². The lowest BCUT2D eigenvalue weighted by atomic mass is 10.4. The molecule has 7 heteroatoms. The van der Waals surface area contributed by atoms with Crippen LogP contribution in [0.5, 0.6) is 0 Å². The van der Waals surface area contributed by atoms with Gasteiger partial charge >= 0.3 is 5.97 Å². The zero-order valence-corrected chi connectivity index (χ0v) is 11.8. The Morgan fingerprint density at radius 2 is 2.25 bits per heavy atom. The lowest BCUT2D eigenvalue weighted by Gasteiger charge is -2.04. The van der Waals surface area contributed by atoms with Gasteiger partial charge in [0.25, 0.3) is 0 Å². The van der Waals surface area contributed by atoms with Crippen LogP contribution >= 0.6 is 11.8 Å². The minimum absolute atomic E-state index is 0.154. The number of aliphatic hydroxyl groups excluding tert-OH is 1. The number of carbonyl (C=O) groups is 1. The number of carboxylic acids is 1. The summed E-state index contributed by atoms with van der Waals surface area (Å²) in [5, 5.41) is 21.0. The van der Waals surface area contributed by atoms with Gasteiger partial charge in [-0.15, -0.1) is 0 Å². The van der Waals surface area contributed by atoms with Crippen LogP contribution in [0.4, 0.5) is 5.82 Å². The normalized spacial score (nSPS) is 10.8. The molecule has 2 aromatic rings. The fourth-order valence-electron chi connectivity index (χ4n) is 1.83. The van der Waals surface area contributed by atoms with Gasteiger partial charge in [0.1, 0.15) is 5.65 Å². The predicted molar refractivity (Wildman–Crippen MR) is 79.7 cm³/mol. The monoisotopic (exact) mass is 295 g/mol. The second-order valence-corrected chi connectivity index (χ2v) is 5.38. The predicted octanol–water partition coefficient (Wildman–Crippen LogP) is 1.56. The number of aliphatic hydroxyl groups is 1. The average molecular weight is 295 g/mol. The Morgan fingerprint density at radius 3 is 3.00 bits per heavy atom. The summed E-state index contributed by atoms with van der Waals surface area (Å²) in [6.07, 6.45) is 2.46. The van der Waals surface area contributed by atoms with Crippen LogP contribution < -0.4 is 5.32 Å². The maximum Gasteiger partial charge on any atom is 0.356 e. The van der Waals surface area contributed by atoms with Gasteiger partial charge in [0, 0.05) is 25.1 Å². The van der Waals surface area contributed by atoms with E-state index in [2.05, 4.69) is 10.3 Å². The molecule has 2 heterocycles. The first-order chi connectivity index (χ1) is 9.74. The Kier molecular flexibility index (Phi) is 5.25. The fourth-order valence-corrected chi connectivity index (χ4v) is 2.62. The highest BCUT2D eigenvalue weighted by Crippen LogP contribution is 2.17. The van der Waals surface area contributed by atoms with Gasteiger partial charge in [0.15, 0.2) is 11.5 Å². The molecule has 2 rings (SSSR count). The van der Waals surface area contributed by atoms with Crippen LogP contribution in [0, 0.1) is 0 Å². The van der Waals surface area contributed by atoms with Crippen molar-refractivity contribution in [1.29, 1.82) is 0 Å². The Balaban J connectivity index is 2.02. The van der Waals surface area contributed by atoms with Gasteiger partial charge in [-0.05, 0) is 24.3 Å². The van der Waals surface area contributed by atoms with Crippen LogP contribution in [-0.4, -0.2) is 50.2 Å². The van der Waals surface area contributed by atoms with E-state index < -0.39 is 5.97 Å².